The van der Waals surface area contributed by atoms with Crippen molar-refractivity contribution in [2.45, 2.75) is 51.0 Å². The number of nitrogens with zero attached hydrogens (tertiary/aromatic N) is 2. The van der Waals surface area contributed by atoms with Crippen LogP contribution in [0.2, 0.25) is 5.02 Å². The molecule has 1 saturated heterocycles. The van der Waals surface area contributed by atoms with Gasteiger partial charge in [0.1, 0.15) is 18.1 Å². The van der Waals surface area contributed by atoms with Crippen molar-refractivity contribution >= 4 is 29.5 Å². The summed E-state index contributed by atoms with van der Waals surface area (Å²) in [6.07, 6.45) is -0.325. The highest BCUT2D eigenvalue weighted by Crippen LogP contribution is 2.27. The van der Waals surface area contributed by atoms with Crippen molar-refractivity contribution in [1.29, 1.82) is 0 Å². The normalized spacial score (nSPS) is 17.0. The van der Waals surface area contributed by atoms with Crippen molar-refractivity contribution in [2.24, 2.45) is 0 Å². The number of carbonyl (C=O) groups is 2. The minimum absolute atomic E-state index is 0.00563. The van der Waals surface area contributed by atoms with E-state index in [2.05, 4.69) is 10.5 Å². The Morgan fingerprint density at radius 1 is 1.23 bits per heavy atom. The highest BCUT2D eigenvalue weighted by Gasteiger charge is 2.36. The molecule has 39 heavy (non-hydrogen) atoms. The highest BCUT2D eigenvalue weighted by molar-refractivity contribution is 6.31. The fraction of sp³-hybridized carbons (Fsp3) is 0.393. The molecule has 1 N–H and O–H groups in total. The lowest BCUT2D eigenvalue weighted by Crippen LogP contribution is -2.43. The third kappa shape index (κ3) is 7.78. The molecule has 0 unspecified atom stereocenters. The van der Waals surface area contributed by atoms with Gasteiger partial charge in [-0.05, 0) is 38.3 Å². The van der Waals surface area contributed by atoms with E-state index < -0.39 is 23.7 Å². The van der Waals surface area contributed by atoms with Crippen molar-refractivity contribution in [1.82, 2.24) is 10.1 Å². The summed E-state index contributed by atoms with van der Waals surface area (Å²) in [4.78, 5) is 27.1. The number of ether oxygens (including phenoxy) is 3. The first-order chi connectivity index (χ1) is 18.6. The molecule has 2 atom stereocenters. The van der Waals surface area contributed by atoms with Gasteiger partial charge in [0, 0.05) is 25.1 Å². The molecule has 1 aliphatic heterocycles. The Bertz CT molecular complexity index is 1290. The molecule has 2 heterocycles. The Hall–Kier alpha value is -3.47. The van der Waals surface area contributed by atoms with Gasteiger partial charge in [-0.15, -0.1) is 0 Å². The summed E-state index contributed by atoms with van der Waals surface area (Å²) in [7, 11) is 1.63. The zero-order valence-corrected chi connectivity index (χ0v) is 22.7. The van der Waals surface area contributed by atoms with E-state index >= 15 is 0 Å². The average molecular weight is 560 g/mol. The van der Waals surface area contributed by atoms with Gasteiger partial charge in [-0.1, -0.05) is 59.2 Å². The lowest BCUT2D eigenvalue weighted by Gasteiger charge is -2.30. The summed E-state index contributed by atoms with van der Waals surface area (Å²) in [6.45, 7) is 3.86. The summed E-state index contributed by atoms with van der Waals surface area (Å²) in [5.41, 5.74) is 1.94. The molecule has 3 aromatic rings. The number of carbonyl (C=O) groups excluding carboxylic acids is 2. The van der Waals surface area contributed by atoms with Gasteiger partial charge in [-0.2, -0.15) is 0 Å². The Morgan fingerprint density at radius 2 is 2.00 bits per heavy atom. The average Bonchev–Trinajstić information content (AvgIpc) is 3.52. The third-order valence-corrected chi connectivity index (χ3v) is 6.82. The van der Waals surface area contributed by atoms with E-state index in [0.29, 0.717) is 24.3 Å². The molecule has 1 aromatic heterocycles. The molecule has 2 aromatic carbocycles. The lowest BCUT2D eigenvalue weighted by molar-refractivity contribution is -0.143. The van der Waals surface area contributed by atoms with Crippen LogP contribution >= 0.6 is 11.6 Å². The fourth-order valence-electron chi connectivity index (χ4n) is 4.27. The van der Waals surface area contributed by atoms with Crippen LogP contribution in [0.15, 0.2) is 59.1 Å². The number of benzene rings is 2. The first kappa shape index (κ1) is 28.5. The molecular weight excluding hydrogens is 529 g/mol. The predicted octanol–water partition coefficient (Wildman–Crippen LogP) is 5.68. The molecule has 1 fully saturated rings. The minimum Gasteiger partial charge on any atom is -0.447 e. The standard InChI is InChI=1S/C28H31ClFN3O6/c1-28(2)37-17-21(38-28)14-20(33(3)25(34)13-12-19-10-7-11-22(30)26(19)29)16-36-27(35)31-24-15-23(32-39-24)18-8-5-4-6-9-18/h4-11,15,20-21H,12-14,16-17H2,1-3H3,(H,31,35)/t20-,21+/m0/s1. The first-order valence-corrected chi connectivity index (χ1v) is 13.0. The van der Waals surface area contributed by atoms with Gasteiger partial charge in [0.2, 0.25) is 11.8 Å². The van der Waals surface area contributed by atoms with Gasteiger partial charge in [0.05, 0.1) is 23.8 Å². The Labute approximate surface area is 231 Å². The van der Waals surface area contributed by atoms with Crippen LogP contribution in [0.4, 0.5) is 15.1 Å². The molecule has 11 heteroatoms. The number of aromatic nitrogens is 1. The topological polar surface area (TPSA) is 103 Å². The largest absolute Gasteiger partial charge is 0.447 e. The van der Waals surface area contributed by atoms with Crippen LogP contribution in [0.3, 0.4) is 0 Å². The van der Waals surface area contributed by atoms with E-state index in [0.717, 1.165) is 5.56 Å². The van der Waals surface area contributed by atoms with Crippen molar-refractivity contribution in [3.05, 3.63) is 71.0 Å². The number of rotatable bonds is 10. The number of likely N-dealkylation sites (N-methyl/N-ethyl adjacent to an activating group) is 1. The third-order valence-electron chi connectivity index (χ3n) is 6.39. The number of anilines is 1. The molecule has 0 spiro atoms. The predicted molar refractivity (Wildman–Crippen MR) is 143 cm³/mol. The van der Waals surface area contributed by atoms with E-state index in [1.165, 1.54) is 11.0 Å². The summed E-state index contributed by atoms with van der Waals surface area (Å²) >= 11 is 6.04. The van der Waals surface area contributed by atoms with Gasteiger partial charge < -0.3 is 23.6 Å². The van der Waals surface area contributed by atoms with E-state index in [4.69, 9.17) is 30.3 Å². The minimum atomic E-state index is -0.757. The Balaban J connectivity index is 1.36. The number of nitrogens with one attached hydrogen (secondary N) is 1. The smallest absolute Gasteiger partial charge is 0.414 e. The number of amides is 2. The van der Waals surface area contributed by atoms with Crippen LogP contribution < -0.4 is 5.32 Å². The number of halogens is 2. The van der Waals surface area contributed by atoms with Crippen LogP contribution in [0.1, 0.15) is 32.3 Å². The van der Waals surface area contributed by atoms with Crippen molar-refractivity contribution in [3.63, 3.8) is 0 Å². The SMILES string of the molecule is CN(C(=O)CCc1cccc(F)c1Cl)[C@H](COC(=O)Nc1cc(-c2ccccc2)no1)C[C@@H]1COC(C)(C)O1. The summed E-state index contributed by atoms with van der Waals surface area (Å²) in [5.74, 6) is -1.37. The molecule has 4 rings (SSSR count). The number of aryl methyl sites for hydroxylation is 1. The lowest BCUT2D eigenvalue weighted by atomic mass is 10.1. The highest BCUT2D eigenvalue weighted by atomic mass is 35.5. The molecule has 208 valence electrons. The second-order valence-corrected chi connectivity index (χ2v) is 10.1. The zero-order valence-electron chi connectivity index (χ0n) is 22.0. The molecule has 9 nitrogen and oxygen atoms in total. The van der Waals surface area contributed by atoms with Crippen LogP contribution in [0.25, 0.3) is 11.3 Å². The number of hydrogen-bond acceptors (Lipinski definition) is 7. The van der Waals surface area contributed by atoms with Crippen LogP contribution in [0.5, 0.6) is 0 Å². The molecule has 0 bridgehead atoms. The summed E-state index contributed by atoms with van der Waals surface area (Å²) in [5, 5.41) is 6.49. The Kier molecular flexibility index (Phi) is 9.21. The first-order valence-electron chi connectivity index (χ1n) is 12.6. The van der Waals surface area contributed by atoms with E-state index in [-0.39, 0.29) is 42.4 Å². The van der Waals surface area contributed by atoms with Crippen LogP contribution in [-0.2, 0) is 25.4 Å². The zero-order chi connectivity index (χ0) is 28.0. The van der Waals surface area contributed by atoms with Gasteiger partial charge in [0.15, 0.2) is 5.79 Å². The second kappa shape index (κ2) is 12.6. The van der Waals surface area contributed by atoms with Crippen LogP contribution in [0, 0.1) is 5.82 Å². The molecule has 2 amide bonds. The van der Waals surface area contributed by atoms with Crippen molar-refractivity contribution < 1.29 is 32.7 Å². The number of hydrogen-bond donors (Lipinski definition) is 1. The molecule has 0 saturated carbocycles. The fourth-order valence-corrected chi connectivity index (χ4v) is 4.49. The van der Waals surface area contributed by atoms with E-state index in [1.807, 2.05) is 44.2 Å². The monoisotopic (exact) mass is 559 g/mol. The van der Waals surface area contributed by atoms with Gasteiger partial charge in [-0.3, -0.25) is 10.1 Å². The molecule has 0 radical (unpaired) electrons. The molecule has 0 aliphatic carbocycles. The summed E-state index contributed by atoms with van der Waals surface area (Å²) < 4.78 is 36.0. The van der Waals surface area contributed by atoms with Gasteiger partial charge in [0.25, 0.3) is 0 Å². The van der Waals surface area contributed by atoms with E-state index in [1.54, 1.807) is 25.2 Å². The van der Waals surface area contributed by atoms with Gasteiger partial charge >= 0.3 is 6.09 Å². The van der Waals surface area contributed by atoms with Crippen molar-refractivity contribution in [2.75, 3.05) is 25.6 Å². The Morgan fingerprint density at radius 3 is 2.72 bits per heavy atom. The second-order valence-electron chi connectivity index (χ2n) is 9.72. The quantitative estimate of drug-likeness (QED) is 0.340. The van der Waals surface area contributed by atoms with Crippen LogP contribution in [-0.4, -0.2) is 60.3 Å². The van der Waals surface area contributed by atoms with Gasteiger partial charge in [-0.25, -0.2) is 9.18 Å². The van der Waals surface area contributed by atoms with Crippen molar-refractivity contribution in [3.8, 4) is 11.3 Å². The maximum atomic E-state index is 13.8. The molecular formula is C28H31ClFN3O6. The summed E-state index contributed by atoms with van der Waals surface area (Å²) in [6, 6.07) is 15.0. The maximum Gasteiger partial charge on any atom is 0.414 e. The maximum absolute atomic E-state index is 13.8. The molecule has 1 aliphatic rings. The van der Waals surface area contributed by atoms with E-state index in [9.17, 15) is 14.0 Å².